The zero-order valence-electron chi connectivity index (χ0n) is 18.3. The Bertz CT molecular complexity index is 893. The molecule has 4 nitrogen and oxygen atoms in total. The fourth-order valence-corrected chi connectivity index (χ4v) is 5.24. The van der Waals surface area contributed by atoms with E-state index in [4.69, 9.17) is 4.57 Å². The molecule has 160 valence electrons. The van der Waals surface area contributed by atoms with Crippen LogP contribution in [0.3, 0.4) is 0 Å². The first-order valence-corrected chi connectivity index (χ1v) is 10.8. The highest BCUT2D eigenvalue weighted by atomic mass is 31.0. The SMILES string of the molecule is Cc1cc(C)c(C(=O)C2(C(C)(Cc3ccccc3)C(=O)O)CCCC2)c(C)c1.O=[PH2+]. The van der Waals surface area contributed by atoms with Crippen molar-refractivity contribution in [2.75, 3.05) is 0 Å². The molecule has 2 aromatic rings. The van der Waals surface area contributed by atoms with Crippen molar-refractivity contribution in [1.82, 2.24) is 0 Å². The summed E-state index contributed by atoms with van der Waals surface area (Å²) in [7, 11) is 1.17. The van der Waals surface area contributed by atoms with E-state index >= 15 is 0 Å². The fraction of sp³-hybridized carbons (Fsp3) is 0.440. The van der Waals surface area contributed by atoms with Gasteiger partial charge in [-0.1, -0.05) is 65.4 Å². The van der Waals surface area contributed by atoms with E-state index in [1.54, 1.807) is 6.92 Å². The van der Waals surface area contributed by atoms with Crippen LogP contribution < -0.4 is 0 Å². The zero-order chi connectivity index (χ0) is 22.5. The normalized spacial score (nSPS) is 16.8. The van der Waals surface area contributed by atoms with Crippen molar-refractivity contribution in [3.05, 3.63) is 70.3 Å². The summed E-state index contributed by atoms with van der Waals surface area (Å²) < 4.78 is 8.17. The molecule has 2 atom stereocenters. The largest absolute Gasteiger partial charge is 0.481 e. The Morgan fingerprint density at radius 3 is 1.97 bits per heavy atom. The molecule has 0 heterocycles. The van der Waals surface area contributed by atoms with Crippen LogP contribution in [-0.4, -0.2) is 16.9 Å². The second kappa shape index (κ2) is 9.66. The van der Waals surface area contributed by atoms with Crippen LogP contribution in [0.25, 0.3) is 0 Å². The summed E-state index contributed by atoms with van der Waals surface area (Å²) >= 11 is 0. The van der Waals surface area contributed by atoms with E-state index in [0.29, 0.717) is 24.8 Å². The number of Topliss-reactive ketones (excluding diaryl/α,β-unsaturated/α-hetero) is 1. The quantitative estimate of drug-likeness (QED) is 0.460. The van der Waals surface area contributed by atoms with Gasteiger partial charge < -0.3 is 5.11 Å². The third kappa shape index (κ3) is 4.25. The highest BCUT2D eigenvalue weighted by Gasteiger charge is 2.59. The lowest BCUT2D eigenvalue weighted by atomic mass is 9.57. The van der Waals surface area contributed by atoms with Crippen molar-refractivity contribution in [2.45, 2.75) is 59.8 Å². The van der Waals surface area contributed by atoms with Crippen LogP contribution in [0.2, 0.25) is 0 Å². The number of carbonyl (C=O) groups is 2. The van der Waals surface area contributed by atoms with Gasteiger partial charge in [-0.25, -0.2) is 0 Å². The molecule has 1 aliphatic rings. The standard InChI is InChI=1S/C25H30O3.H2OP/c1-17-14-18(2)21(19(3)15-17)22(26)25(12-8-9-13-25)24(4,23(27)28)16-20-10-6-5-7-11-20;1-2/h5-7,10-11,14-15H,8-9,12-13,16H2,1-4H3,(H,27,28);2H2/q;+1. The van der Waals surface area contributed by atoms with Gasteiger partial charge in [0.05, 0.1) is 5.41 Å². The highest BCUT2D eigenvalue weighted by Crippen LogP contribution is 2.55. The minimum absolute atomic E-state index is 0.0147. The number of rotatable bonds is 6. The van der Waals surface area contributed by atoms with Crippen molar-refractivity contribution in [1.29, 1.82) is 0 Å². The number of aliphatic carboxylic acids is 1. The minimum Gasteiger partial charge on any atom is -0.481 e. The van der Waals surface area contributed by atoms with Crippen LogP contribution in [-0.2, 0) is 15.8 Å². The van der Waals surface area contributed by atoms with Gasteiger partial charge in [0.25, 0.3) is 0 Å². The summed E-state index contributed by atoms with van der Waals surface area (Å²) in [6.07, 6.45) is 3.42. The van der Waals surface area contributed by atoms with E-state index in [1.165, 1.54) is 9.12 Å². The van der Waals surface area contributed by atoms with Crippen LogP contribution in [0.1, 0.15) is 65.2 Å². The second-order valence-electron chi connectivity index (χ2n) is 8.69. The van der Waals surface area contributed by atoms with Crippen molar-refractivity contribution < 1.29 is 19.3 Å². The molecular weight excluding hydrogens is 395 g/mol. The monoisotopic (exact) mass is 427 g/mol. The molecule has 3 rings (SSSR count). The summed E-state index contributed by atoms with van der Waals surface area (Å²) in [4.78, 5) is 26.6. The van der Waals surface area contributed by atoms with Crippen molar-refractivity contribution in [3.8, 4) is 0 Å². The Balaban J connectivity index is 0.00000155. The lowest BCUT2D eigenvalue weighted by molar-refractivity contribution is -0.154. The van der Waals surface area contributed by atoms with Gasteiger partial charge in [0.15, 0.2) is 5.78 Å². The van der Waals surface area contributed by atoms with Crippen molar-refractivity contribution in [3.63, 3.8) is 0 Å². The summed E-state index contributed by atoms with van der Waals surface area (Å²) in [6.45, 7) is 7.73. The second-order valence-corrected chi connectivity index (χ2v) is 8.69. The Morgan fingerprint density at radius 1 is 1.00 bits per heavy atom. The molecule has 5 heteroatoms. The highest BCUT2D eigenvalue weighted by molar-refractivity contribution is 7.00. The van der Waals surface area contributed by atoms with Crippen LogP contribution >= 0.6 is 9.12 Å². The van der Waals surface area contributed by atoms with Gasteiger partial charge in [-0.15, -0.1) is 0 Å². The molecule has 30 heavy (non-hydrogen) atoms. The lowest BCUT2D eigenvalue weighted by Gasteiger charge is -2.43. The first-order valence-electron chi connectivity index (χ1n) is 10.3. The maximum atomic E-state index is 14.0. The zero-order valence-corrected chi connectivity index (χ0v) is 19.5. The van der Waals surface area contributed by atoms with E-state index in [-0.39, 0.29) is 5.78 Å². The fourth-order valence-electron chi connectivity index (χ4n) is 5.24. The molecule has 0 aliphatic heterocycles. The van der Waals surface area contributed by atoms with Gasteiger partial charge in [-0.05, 0) is 63.6 Å². The molecule has 1 saturated carbocycles. The van der Waals surface area contributed by atoms with Crippen molar-refractivity contribution in [2.24, 2.45) is 10.8 Å². The van der Waals surface area contributed by atoms with Crippen molar-refractivity contribution >= 4 is 20.9 Å². The molecule has 0 aromatic heterocycles. The molecule has 0 radical (unpaired) electrons. The van der Waals surface area contributed by atoms with Crippen LogP contribution in [0.4, 0.5) is 0 Å². The average molecular weight is 428 g/mol. The Morgan fingerprint density at radius 2 is 1.50 bits per heavy atom. The topological polar surface area (TPSA) is 71.4 Å². The van der Waals surface area contributed by atoms with E-state index in [9.17, 15) is 14.7 Å². The summed E-state index contributed by atoms with van der Waals surface area (Å²) in [6, 6.07) is 13.7. The number of hydrogen-bond acceptors (Lipinski definition) is 3. The lowest BCUT2D eigenvalue weighted by Crippen LogP contribution is -2.51. The van der Waals surface area contributed by atoms with Gasteiger partial charge in [0.2, 0.25) is 0 Å². The molecule has 1 fully saturated rings. The number of benzene rings is 2. The van der Waals surface area contributed by atoms with Gasteiger partial charge in [-0.3, -0.25) is 9.59 Å². The molecule has 1 aliphatic carbocycles. The van der Waals surface area contributed by atoms with Crippen LogP contribution in [0, 0.1) is 31.6 Å². The third-order valence-electron chi connectivity index (χ3n) is 6.72. The van der Waals surface area contributed by atoms with E-state index in [0.717, 1.165) is 35.1 Å². The molecule has 2 unspecified atom stereocenters. The predicted octanol–water partition coefficient (Wildman–Crippen LogP) is 5.90. The first-order chi connectivity index (χ1) is 14.2. The number of ketones is 1. The molecule has 0 saturated heterocycles. The number of aryl methyl sites for hydroxylation is 3. The molecule has 0 bridgehead atoms. The first kappa shape index (κ1) is 24.0. The van der Waals surface area contributed by atoms with Gasteiger partial charge in [0, 0.05) is 11.0 Å². The minimum atomic E-state index is -1.15. The van der Waals surface area contributed by atoms with E-state index in [2.05, 4.69) is 0 Å². The predicted molar refractivity (Wildman–Crippen MR) is 122 cm³/mol. The van der Waals surface area contributed by atoms with Gasteiger partial charge in [-0.2, -0.15) is 0 Å². The van der Waals surface area contributed by atoms with Gasteiger partial charge in [0.1, 0.15) is 0 Å². The molecular formula is C25H32O4P+. The summed E-state index contributed by atoms with van der Waals surface area (Å²) in [5.74, 6) is -0.866. The van der Waals surface area contributed by atoms with E-state index < -0.39 is 16.8 Å². The number of carboxylic acids is 1. The van der Waals surface area contributed by atoms with Crippen LogP contribution in [0.15, 0.2) is 42.5 Å². The number of carboxylic acid groups (broad SMARTS) is 1. The third-order valence-corrected chi connectivity index (χ3v) is 6.72. The van der Waals surface area contributed by atoms with Gasteiger partial charge >= 0.3 is 15.1 Å². The van der Waals surface area contributed by atoms with Crippen LogP contribution in [0.5, 0.6) is 0 Å². The Kier molecular flexibility index (Phi) is 7.71. The summed E-state index contributed by atoms with van der Waals surface area (Å²) in [5.41, 5.74) is 2.67. The molecule has 1 N–H and O–H groups in total. The molecule has 0 amide bonds. The average Bonchev–Trinajstić information content (AvgIpc) is 3.21. The maximum Gasteiger partial charge on any atom is 0.310 e. The Labute approximate surface area is 181 Å². The maximum absolute atomic E-state index is 14.0. The summed E-state index contributed by atoms with van der Waals surface area (Å²) in [5, 5.41) is 10.3. The van der Waals surface area contributed by atoms with E-state index in [1.807, 2.05) is 63.2 Å². The number of carbonyl (C=O) groups excluding carboxylic acids is 1. The number of hydrogen-bond donors (Lipinski definition) is 1. The molecule has 0 spiro atoms. The smallest absolute Gasteiger partial charge is 0.310 e. The Hall–Kier alpha value is -2.32. The molecule has 2 aromatic carbocycles.